The highest BCUT2D eigenvalue weighted by Gasteiger charge is 2.54. The van der Waals surface area contributed by atoms with E-state index in [0.717, 1.165) is 31.2 Å². The van der Waals surface area contributed by atoms with Crippen molar-refractivity contribution in [3.8, 4) is 0 Å². The van der Waals surface area contributed by atoms with E-state index in [4.69, 9.17) is 4.74 Å². The van der Waals surface area contributed by atoms with Crippen LogP contribution in [0.15, 0.2) is 24.3 Å². The zero-order valence-corrected chi connectivity index (χ0v) is 19.1. The van der Waals surface area contributed by atoms with Crippen LogP contribution in [0.2, 0.25) is 0 Å². The second-order valence-electron chi connectivity index (χ2n) is 10.8. The van der Waals surface area contributed by atoms with Crippen LogP contribution >= 0.6 is 0 Å². The molecule has 4 fully saturated rings. The fourth-order valence-electron chi connectivity index (χ4n) is 7.07. The first kappa shape index (κ1) is 21.5. The number of rotatable bonds is 5. The minimum absolute atomic E-state index is 0.00710. The maximum Gasteiger partial charge on any atom is 0.329 e. The van der Waals surface area contributed by atoms with Gasteiger partial charge in [-0.2, -0.15) is 0 Å². The quantitative estimate of drug-likeness (QED) is 0.717. The molecule has 1 aliphatic heterocycles. The summed E-state index contributed by atoms with van der Waals surface area (Å²) in [5, 5.41) is 2.94. The Morgan fingerprint density at radius 2 is 1.59 bits per heavy atom. The molecule has 0 saturated heterocycles. The topological polar surface area (TPSA) is 75.7 Å². The third-order valence-corrected chi connectivity index (χ3v) is 8.30. The number of hydrogen-bond donors (Lipinski definition) is 1. The lowest BCUT2D eigenvalue weighted by Gasteiger charge is -2.55. The first-order chi connectivity index (χ1) is 15.3. The minimum atomic E-state index is -0.869. The molecule has 6 rings (SSSR count). The van der Waals surface area contributed by atoms with Gasteiger partial charge in [-0.15, -0.1) is 0 Å². The molecule has 2 amide bonds. The summed E-state index contributed by atoms with van der Waals surface area (Å²) in [7, 11) is 0. The van der Waals surface area contributed by atoms with Gasteiger partial charge in [-0.05, 0) is 87.7 Å². The Morgan fingerprint density at radius 1 is 1.00 bits per heavy atom. The van der Waals surface area contributed by atoms with Gasteiger partial charge < -0.3 is 15.0 Å². The maximum absolute atomic E-state index is 13.2. The van der Waals surface area contributed by atoms with Gasteiger partial charge in [-0.1, -0.05) is 24.3 Å². The molecule has 4 aliphatic carbocycles. The Morgan fingerprint density at radius 3 is 2.22 bits per heavy atom. The molecule has 0 spiro atoms. The highest BCUT2D eigenvalue weighted by molar-refractivity contribution is 5.89. The van der Waals surface area contributed by atoms with Gasteiger partial charge in [-0.25, -0.2) is 4.79 Å². The van der Waals surface area contributed by atoms with E-state index in [1.54, 1.807) is 18.7 Å². The summed E-state index contributed by atoms with van der Waals surface area (Å²) in [5.41, 5.74) is 2.11. The maximum atomic E-state index is 13.2. The number of hydrogen-bond acceptors (Lipinski definition) is 4. The van der Waals surface area contributed by atoms with Crippen molar-refractivity contribution in [2.45, 2.75) is 77.5 Å². The Labute approximate surface area is 190 Å². The largest absolute Gasteiger partial charge is 0.451 e. The summed E-state index contributed by atoms with van der Waals surface area (Å²) in [6, 6.07) is 7.36. The minimum Gasteiger partial charge on any atom is -0.451 e. The predicted octanol–water partition coefficient (Wildman–Crippen LogP) is 3.22. The van der Waals surface area contributed by atoms with Crippen molar-refractivity contribution in [3.63, 3.8) is 0 Å². The number of carbonyl (C=O) groups is 3. The first-order valence-electron chi connectivity index (χ1n) is 12.2. The van der Waals surface area contributed by atoms with Crippen molar-refractivity contribution in [2.75, 3.05) is 6.54 Å². The van der Waals surface area contributed by atoms with Gasteiger partial charge in [0, 0.05) is 18.5 Å². The fraction of sp³-hybridized carbons (Fsp3) is 0.654. The van der Waals surface area contributed by atoms with Gasteiger partial charge in [0.1, 0.15) is 6.04 Å². The number of nitrogens with zero attached hydrogens (tertiary/aromatic N) is 1. The Balaban J connectivity index is 1.15. The lowest BCUT2D eigenvalue weighted by molar-refractivity contribution is -0.163. The van der Waals surface area contributed by atoms with E-state index in [2.05, 4.69) is 11.4 Å². The van der Waals surface area contributed by atoms with Crippen LogP contribution < -0.4 is 5.32 Å². The molecule has 4 saturated carbocycles. The normalized spacial score (nSPS) is 32.1. The second kappa shape index (κ2) is 8.20. The number of nitrogens with one attached hydrogen (secondary N) is 1. The standard InChI is InChI=1S/C26H34N2O4/c1-16(27-25(31)26-12-18-9-19(13-26)11-20(10-18)14-26)24(30)32-17(2)23(29)28-8-7-21-5-3-4-6-22(21)15-28/h3-6,16-20H,7-15H2,1-2H3,(H,27,31)/t16-,17+,18?,19?,20?,26?/m0/s1. The monoisotopic (exact) mass is 438 g/mol. The molecule has 2 atom stereocenters. The lowest BCUT2D eigenvalue weighted by atomic mass is 9.49. The van der Waals surface area contributed by atoms with Gasteiger partial charge in [0.15, 0.2) is 6.10 Å². The molecule has 1 aromatic rings. The molecule has 1 heterocycles. The van der Waals surface area contributed by atoms with E-state index in [-0.39, 0.29) is 17.2 Å². The Bertz CT molecular complexity index is 891. The zero-order chi connectivity index (χ0) is 22.5. The van der Waals surface area contributed by atoms with Crippen molar-refractivity contribution in [1.29, 1.82) is 0 Å². The molecule has 172 valence electrons. The molecule has 1 aromatic carbocycles. The lowest BCUT2D eigenvalue weighted by Crippen LogP contribution is -2.56. The average molecular weight is 439 g/mol. The van der Waals surface area contributed by atoms with Gasteiger partial charge >= 0.3 is 5.97 Å². The third-order valence-electron chi connectivity index (χ3n) is 8.30. The zero-order valence-electron chi connectivity index (χ0n) is 19.1. The van der Waals surface area contributed by atoms with Crippen LogP contribution in [0.4, 0.5) is 0 Å². The molecule has 1 N–H and O–H groups in total. The number of esters is 1. The van der Waals surface area contributed by atoms with Crippen LogP contribution in [0, 0.1) is 23.2 Å². The first-order valence-corrected chi connectivity index (χ1v) is 12.2. The van der Waals surface area contributed by atoms with E-state index in [1.807, 2.05) is 18.2 Å². The van der Waals surface area contributed by atoms with Crippen LogP contribution in [0.5, 0.6) is 0 Å². The molecule has 32 heavy (non-hydrogen) atoms. The summed E-state index contributed by atoms with van der Waals surface area (Å²) in [6.07, 6.45) is 6.61. The number of benzene rings is 1. The van der Waals surface area contributed by atoms with Crippen LogP contribution in [-0.4, -0.2) is 41.4 Å². The number of amides is 2. The van der Waals surface area contributed by atoms with Gasteiger partial charge in [-0.3, -0.25) is 9.59 Å². The highest BCUT2D eigenvalue weighted by Crippen LogP contribution is 2.60. The third kappa shape index (κ3) is 3.93. The Hall–Kier alpha value is -2.37. The molecule has 6 nitrogen and oxygen atoms in total. The van der Waals surface area contributed by atoms with Gasteiger partial charge in [0.2, 0.25) is 5.91 Å². The van der Waals surface area contributed by atoms with Crippen LogP contribution in [0.3, 0.4) is 0 Å². The van der Waals surface area contributed by atoms with Gasteiger partial charge in [0.25, 0.3) is 5.91 Å². The molecule has 0 aromatic heterocycles. The smallest absolute Gasteiger partial charge is 0.329 e. The van der Waals surface area contributed by atoms with E-state index in [0.29, 0.717) is 30.8 Å². The van der Waals surface area contributed by atoms with E-state index >= 15 is 0 Å². The molecule has 5 aliphatic rings. The van der Waals surface area contributed by atoms with Gasteiger partial charge in [0.05, 0.1) is 0 Å². The molecule has 4 bridgehead atoms. The van der Waals surface area contributed by atoms with Crippen molar-refractivity contribution in [3.05, 3.63) is 35.4 Å². The molecule has 6 heteroatoms. The van der Waals surface area contributed by atoms with E-state index in [1.165, 1.54) is 24.8 Å². The van der Waals surface area contributed by atoms with Crippen LogP contribution in [0.1, 0.15) is 63.5 Å². The summed E-state index contributed by atoms with van der Waals surface area (Å²) in [6.45, 7) is 4.44. The van der Waals surface area contributed by atoms with Crippen LogP contribution in [0.25, 0.3) is 0 Å². The summed E-state index contributed by atoms with van der Waals surface area (Å²) >= 11 is 0. The van der Waals surface area contributed by atoms with E-state index in [9.17, 15) is 14.4 Å². The van der Waals surface area contributed by atoms with Crippen LogP contribution in [-0.2, 0) is 32.1 Å². The fourth-order valence-corrected chi connectivity index (χ4v) is 7.07. The van der Waals surface area contributed by atoms with Crippen molar-refractivity contribution >= 4 is 17.8 Å². The Kier molecular flexibility index (Phi) is 5.50. The van der Waals surface area contributed by atoms with E-state index < -0.39 is 18.1 Å². The molecular weight excluding hydrogens is 404 g/mol. The summed E-state index contributed by atoms with van der Waals surface area (Å²) < 4.78 is 5.49. The predicted molar refractivity (Wildman–Crippen MR) is 119 cm³/mol. The SMILES string of the molecule is C[C@H](NC(=O)C12CC3CC(CC(C3)C1)C2)C(=O)O[C@H](C)C(=O)N1CCc2ccccc2C1. The second-order valence-corrected chi connectivity index (χ2v) is 10.8. The van der Waals surface area contributed by atoms with Crippen molar-refractivity contribution in [2.24, 2.45) is 23.2 Å². The number of fused-ring (bicyclic) bond motifs is 1. The summed E-state index contributed by atoms with van der Waals surface area (Å²) in [4.78, 5) is 40.5. The summed E-state index contributed by atoms with van der Waals surface area (Å²) in [5.74, 6) is 1.28. The molecule has 0 unspecified atom stereocenters. The number of carbonyl (C=O) groups excluding carboxylic acids is 3. The molecule has 0 radical (unpaired) electrons. The van der Waals surface area contributed by atoms with Crippen molar-refractivity contribution < 1.29 is 19.1 Å². The average Bonchev–Trinajstić information content (AvgIpc) is 2.77. The van der Waals surface area contributed by atoms with Crippen molar-refractivity contribution in [1.82, 2.24) is 10.2 Å². The molecular formula is C26H34N2O4. The number of ether oxygens (including phenoxy) is 1. The highest BCUT2D eigenvalue weighted by atomic mass is 16.5.